The molecule has 1 aromatic carbocycles. The van der Waals surface area contributed by atoms with Crippen LogP contribution in [0.15, 0.2) is 24.5 Å². The Morgan fingerprint density at radius 1 is 1.29 bits per heavy atom. The predicted molar refractivity (Wildman–Crippen MR) is 143 cm³/mol. The Morgan fingerprint density at radius 2 is 2.02 bits per heavy atom. The van der Waals surface area contributed by atoms with Crippen LogP contribution in [-0.4, -0.2) is 72.8 Å². The molecule has 4 heterocycles. The van der Waals surface area contributed by atoms with Gasteiger partial charge < -0.3 is 34.9 Å². The maximum atomic E-state index is 15.0. The van der Waals surface area contributed by atoms with Crippen LogP contribution < -0.4 is 20.3 Å². The van der Waals surface area contributed by atoms with E-state index in [0.29, 0.717) is 39.3 Å². The van der Waals surface area contributed by atoms with E-state index in [1.165, 1.54) is 25.5 Å². The first kappa shape index (κ1) is 27.2. The highest BCUT2D eigenvalue weighted by Crippen LogP contribution is 2.51. The monoisotopic (exact) mass is 588 g/mol. The van der Waals surface area contributed by atoms with Crippen molar-refractivity contribution in [2.24, 2.45) is 11.7 Å². The van der Waals surface area contributed by atoms with Gasteiger partial charge in [0.15, 0.2) is 5.75 Å². The number of halogens is 1. The molecule has 3 aromatic heterocycles. The first-order valence-electron chi connectivity index (χ1n) is 12.5. The summed E-state index contributed by atoms with van der Waals surface area (Å²) in [4.78, 5) is 54.0. The van der Waals surface area contributed by atoms with Crippen LogP contribution >= 0.6 is 7.82 Å². The Labute approximate surface area is 231 Å². The summed E-state index contributed by atoms with van der Waals surface area (Å²) in [6.45, 7) is 2.82. The fourth-order valence-electron chi connectivity index (χ4n) is 5.39. The summed E-state index contributed by atoms with van der Waals surface area (Å²) in [5.74, 6) is 0.968. The number of hydrogen-bond donors (Lipinski definition) is 4. The van der Waals surface area contributed by atoms with Crippen LogP contribution in [0.1, 0.15) is 19.2 Å². The molecule has 0 spiro atoms. The van der Waals surface area contributed by atoms with E-state index in [4.69, 9.17) is 30.0 Å². The quantitative estimate of drug-likeness (QED) is 0.140. The highest BCUT2D eigenvalue weighted by Gasteiger charge is 2.59. The molecule has 1 aliphatic carbocycles. The third kappa shape index (κ3) is 5.04. The van der Waals surface area contributed by atoms with Gasteiger partial charge in [-0.15, -0.1) is 0 Å². The average molecular weight is 588 g/mol. The van der Waals surface area contributed by atoms with E-state index in [1.807, 2.05) is 0 Å². The number of carbonyl (C=O) groups excluding carboxylic acids is 1. The number of aromatic amines is 1. The topological polar surface area (TPSA) is 202 Å². The van der Waals surface area contributed by atoms with E-state index in [2.05, 4.69) is 36.3 Å². The van der Waals surface area contributed by atoms with Gasteiger partial charge in [0.1, 0.15) is 23.1 Å². The molecule has 41 heavy (non-hydrogen) atoms. The van der Waals surface area contributed by atoms with Crippen molar-refractivity contribution in [3.63, 3.8) is 0 Å². The van der Waals surface area contributed by atoms with Crippen LogP contribution in [0, 0.1) is 18.7 Å². The number of rotatable bonds is 7. The van der Waals surface area contributed by atoms with Gasteiger partial charge in [0.2, 0.25) is 6.79 Å². The zero-order valence-corrected chi connectivity index (χ0v) is 22.9. The predicted octanol–water partition coefficient (Wildman–Crippen LogP) is 2.70. The van der Waals surface area contributed by atoms with Crippen molar-refractivity contribution < 1.29 is 37.5 Å². The number of fused-ring (bicyclic) bond motifs is 4. The van der Waals surface area contributed by atoms with Gasteiger partial charge in [-0.3, -0.25) is 4.90 Å². The van der Waals surface area contributed by atoms with Gasteiger partial charge in [-0.25, -0.2) is 28.2 Å². The molecule has 1 aliphatic heterocycles. The second kappa shape index (κ2) is 9.85. The normalized spacial score (nSPS) is 21.8. The number of nitrogens with two attached hydrogens (primary N) is 1. The lowest BCUT2D eigenvalue weighted by atomic mass is 10.1. The number of phosphoric acid groups is 1. The minimum atomic E-state index is -4.86. The number of hydrogen-bond acceptors (Lipinski definition) is 11. The molecule has 1 unspecified atom stereocenters. The van der Waals surface area contributed by atoms with Crippen molar-refractivity contribution in [2.45, 2.75) is 38.4 Å². The van der Waals surface area contributed by atoms with Gasteiger partial charge in [-0.1, -0.05) is 6.92 Å². The van der Waals surface area contributed by atoms with Gasteiger partial charge in [0.05, 0.1) is 41.1 Å². The van der Waals surface area contributed by atoms with E-state index in [9.17, 15) is 13.8 Å². The van der Waals surface area contributed by atoms with E-state index in [0.717, 1.165) is 17.4 Å². The molecule has 1 saturated carbocycles. The number of carbonyl (C=O) groups is 1. The number of aromatic nitrogens is 5. The van der Waals surface area contributed by atoms with Crippen molar-refractivity contribution >= 4 is 47.4 Å². The second-order valence-electron chi connectivity index (χ2n) is 10.0. The van der Waals surface area contributed by atoms with Gasteiger partial charge in [0.25, 0.3) is 0 Å². The first-order valence-corrected chi connectivity index (χ1v) is 14.1. The number of anilines is 2. The SMILES string of the molecule is Cc1ncc(Oc2nc(N3C4[C@@H](C)[C@H](N)C[C@@H]43)c3c(n2)[nH]c2c(N(C)C(=O)OCOP(=O)(O)O)cc(F)cc23)cn1. The van der Waals surface area contributed by atoms with Crippen LogP contribution in [0.25, 0.3) is 21.9 Å². The summed E-state index contributed by atoms with van der Waals surface area (Å²) in [5, 5.41) is 0.929. The summed E-state index contributed by atoms with van der Waals surface area (Å²) >= 11 is 0. The number of nitrogens with one attached hydrogen (secondary N) is 1. The molecule has 5 N–H and O–H groups in total. The van der Waals surface area contributed by atoms with Crippen LogP contribution in [0.2, 0.25) is 0 Å². The molecular formula is C24H26FN8O7P. The van der Waals surface area contributed by atoms with E-state index < -0.39 is 26.5 Å². The summed E-state index contributed by atoms with van der Waals surface area (Å²) in [7, 11) is -3.54. The number of aryl methyl sites for hydroxylation is 1. The largest absolute Gasteiger partial charge is 0.472 e. The number of amides is 1. The molecule has 1 saturated heterocycles. The Morgan fingerprint density at radius 3 is 2.68 bits per heavy atom. The Kier molecular flexibility index (Phi) is 6.54. The number of piperidine rings is 1. The summed E-state index contributed by atoms with van der Waals surface area (Å²) in [6.07, 6.45) is 2.73. The Hall–Kier alpha value is -3.95. The third-order valence-corrected chi connectivity index (χ3v) is 7.87. The molecule has 2 fully saturated rings. The molecular weight excluding hydrogens is 562 g/mol. The maximum absolute atomic E-state index is 15.0. The number of H-pyrrole nitrogens is 1. The molecule has 2 aliphatic rings. The van der Waals surface area contributed by atoms with Crippen LogP contribution in [0.4, 0.5) is 20.7 Å². The highest BCUT2D eigenvalue weighted by molar-refractivity contribution is 7.46. The average Bonchev–Trinajstić information content (AvgIpc) is 3.36. The van der Waals surface area contributed by atoms with Crippen molar-refractivity contribution in [1.29, 1.82) is 0 Å². The zero-order chi connectivity index (χ0) is 29.2. The van der Waals surface area contributed by atoms with Crippen molar-refractivity contribution in [3.8, 4) is 11.8 Å². The number of phosphoric ester groups is 1. The van der Waals surface area contributed by atoms with Crippen molar-refractivity contribution in [2.75, 3.05) is 23.6 Å². The molecule has 0 radical (unpaired) electrons. The minimum absolute atomic E-state index is 0.0119. The van der Waals surface area contributed by atoms with Crippen LogP contribution in [-0.2, 0) is 13.8 Å². The smallest absolute Gasteiger partial charge is 0.421 e. The number of benzene rings is 1. The second-order valence-corrected chi connectivity index (χ2v) is 11.3. The van der Waals surface area contributed by atoms with Gasteiger partial charge in [-0.2, -0.15) is 9.97 Å². The molecule has 4 atom stereocenters. The lowest BCUT2D eigenvalue weighted by molar-refractivity contribution is 0.0440. The fourth-order valence-corrected chi connectivity index (χ4v) is 5.58. The van der Waals surface area contributed by atoms with Gasteiger partial charge in [0, 0.05) is 18.5 Å². The zero-order valence-electron chi connectivity index (χ0n) is 22.1. The summed E-state index contributed by atoms with van der Waals surface area (Å²) < 4.78 is 40.7. The Balaban J connectivity index is 1.44. The summed E-state index contributed by atoms with van der Waals surface area (Å²) in [6, 6.07) is 2.78. The summed E-state index contributed by atoms with van der Waals surface area (Å²) in [5.41, 5.74) is 7.03. The lowest BCUT2D eigenvalue weighted by Crippen LogP contribution is -2.31. The highest BCUT2D eigenvalue weighted by atomic mass is 31.2. The fraction of sp³-hybridized carbons (Fsp3) is 0.375. The first-order chi connectivity index (χ1) is 19.4. The van der Waals surface area contributed by atoms with Crippen LogP contribution in [0.5, 0.6) is 11.8 Å². The lowest BCUT2D eigenvalue weighted by Gasteiger charge is -2.19. The molecule has 15 nitrogen and oxygen atoms in total. The van der Waals surface area contributed by atoms with Gasteiger partial charge in [-0.05, 0) is 31.4 Å². The molecule has 4 aromatic rings. The van der Waals surface area contributed by atoms with Crippen molar-refractivity contribution in [3.05, 3.63) is 36.2 Å². The number of ether oxygens (including phenoxy) is 2. The van der Waals surface area contributed by atoms with Gasteiger partial charge >= 0.3 is 19.9 Å². The molecule has 1 amide bonds. The number of nitrogens with zero attached hydrogens (tertiary/aromatic N) is 6. The molecule has 17 heteroatoms. The molecule has 6 rings (SSSR count). The standard InChI is InChI=1S/C24H26FN8O7P/c1-10-15(26)6-17-20(10)33(17)22-18-14-4-12(25)5-16(32(3)24(34)38-9-39-41(35,36)37)19(14)29-21(18)30-23(31-22)40-13-7-27-11(2)28-8-13/h4-5,7-8,10,15,17,20H,6,9,26H2,1-3H3,(H,29,30,31)(H2,35,36,37)/t10-,15+,17-,20?,33?/m0/s1. The van der Waals surface area contributed by atoms with Crippen LogP contribution in [0.3, 0.4) is 0 Å². The van der Waals surface area contributed by atoms with E-state index in [-0.39, 0.29) is 35.7 Å². The molecule has 216 valence electrons. The Bertz CT molecular complexity index is 1710. The van der Waals surface area contributed by atoms with Crippen molar-refractivity contribution in [1.82, 2.24) is 24.9 Å². The minimum Gasteiger partial charge on any atom is -0.421 e. The van der Waals surface area contributed by atoms with E-state index >= 15 is 0 Å². The molecule has 0 bridgehead atoms. The third-order valence-electron chi connectivity index (χ3n) is 7.42. The van der Waals surface area contributed by atoms with E-state index in [1.54, 1.807) is 6.92 Å². The maximum Gasteiger partial charge on any atom is 0.472 e.